The number of carbonyl (C=O) groups excluding carboxylic acids is 1. The van der Waals surface area contributed by atoms with Gasteiger partial charge in [0.25, 0.3) is 0 Å². The van der Waals surface area contributed by atoms with Gasteiger partial charge in [0.05, 0.1) is 0 Å². The maximum Gasteiger partial charge on any atom is 0.306 e. The number of hydrogen-bond donors (Lipinski definition) is 2. The smallest absolute Gasteiger partial charge is 0.306 e. The number of aryl methyl sites for hydroxylation is 1. The molecule has 0 aliphatic rings. The maximum absolute atomic E-state index is 11.9. The van der Waals surface area contributed by atoms with Gasteiger partial charge in [-0.25, -0.2) is 4.89 Å². The van der Waals surface area contributed by atoms with Crippen LogP contribution in [0.5, 0.6) is 5.75 Å². The first-order chi connectivity index (χ1) is 13.8. The molecule has 1 heterocycles. The van der Waals surface area contributed by atoms with E-state index >= 15 is 0 Å². The van der Waals surface area contributed by atoms with E-state index in [1.54, 1.807) is 6.07 Å². The number of carbonyl (C=O) groups is 1. The van der Waals surface area contributed by atoms with Crippen LogP contribution >= 0.6 is 0 Å². The van der Waals surface area contributed by atoms with Crippen LogP contribution in [-0.4, -0.2) is 44.5 Å². The lowest BCUT2D eigenvalue weighted by Gasteiger charge is -2.23. The summed E-state index contributed by atoms with van der Waals surface area (Å²) in [6.07, 6.45) is 0.587. The summed E-state index contributed by atoms with van der Waals surface area (Å²) in [6.45, 7) is 5.94. The summed E-state index contributed by atoms with van der Waals surface area (Å²) in [5.41, 5.74) is 3.20. The highest BCUT2D eigenvalue weighted by molar-refractivity contribution is 5.74. The van der Waals surface area contributed by atoms with Gasteiger partial charge in [0, 0.05) is 12.0 Å². The van der Waals surface area contributed by atoms with Crippen molar-refractivity contribution in [2.75, 3.05) is 13.2 Å². The quantitative estimate of drug-likeness (QED) is 0.271. The highest BCUT2D eigenvalue weighted by Gasteiger charge is 2.23. The van der Waals surface area contributed by atoms with Crippen LogP contribution in [0.4, 0.5) is 0 Å². The molecule has 2 N–H and O–H groups in total. The zero-order valence-corrected chi connectivity index (χ0v) is 16.8. The third kappa shape index (κ3) is 4.90. The topological polar surface area (TPSA) is 107 Å². The Morgan fingerprint density at radius 2 is 1.76 bits per heavy atom. The Morgan fingerprint density at radius 1 is 1.10 bits per heavy atom. The molecule has 8 heteroatoms. The van der Waals surface area contributed by atoms with Crippen molar-refractivity contribution in [2.24, 2.45) is 0 Å². The highest BCUT2D eigenvalue weighted by atomic mass is 17.1. The Kier molecular flexibility index (Phi) is 6.14. The van der Waals surface area contributed by atoms with Crippen LogP contribution < -0.4 is 0 Å². The van der Waals surface area contributed by atoms with Crippen molar-refractivity contribution in [2.45, 2.75) is 39.0 Å². The molecule has 0 atom stereocenters. The molecule has 3 aromatic rings. The fraction of sp³-hybridized carbons (Fsp3) is 0.381. The molecule has 0 saturated heterocycles. The van der Waals surface area contributed by atoms with Crippen LogP contribution in [0, 0.1) is 0 Å². The third-order valence-electron chi connectivity index (χ3n) is 4.52. The summed E-state index contributed by atoms with van der Waals surface area (Å²) in [5, 5.41) is 28.1. The van der Waals surface area contributed by atoms with E-state index in [1.165, 1.54) is 4.80 Å². The van der Waals surface area contributed by atoms with Crippen molar-refractivity contribution >= 4 is 17.0 Å². The predicted octanol–water partition coefficient (Wildman–Crippen LogP) is 3.39. The summed E-state index contributed by atoms with van der Waals surface area (Å²) in [7, 11) is 0. The van der Waals surface area contributed by atoms with Gasteiger partial charge in [-0.15, -0.1) is 15.0 Å². The Morgan fingerprint density at radius 3 is 2.34 bits per heavy atom. The van der Waals surface area contributed by atoms with Crippen molar-refractivity contribution in [3.63, 3.8) is 0 Å². The molecule has 0 aliphatic carbocycles. The minimum absolute atomic E-state index is 0.00675. The van der Waals surface area contributed by atoms with Crippen LogP contribution in [-0.2, 0) is 26.3 Å². The van der Waals surface area contributed by atoms with E-state index in [0.717, 1.165) is 22.2 Å². The number of phenols is 1. The van der Waals surface area contributed by atoms with Crippen molar-refractivity contribution < 1.29 is 24.8 Å². The second-order valence-corrected chi connectivity index (χ2v) is 7.79. The zero-order valence-electron chi connectivity index (χ0n) is 16.8. The Hall–Kier alpha value is -2.97. The molecule has 0 spiro atoms. The SMILES string of the molecule is CC(C)(C)c1cc(CCC(=O)OCCOO)cc(-n2nc3ccccc3n2)c1O. The minimum atomic E-state index is -0.392. The number of rotatable bonds is 7. The molecule has 0 amide bonds. The van der Waals surface area contributed by atoms with Gasteiger partial charge in [0.15, 0.2) is 0 Å². The molecule has 154 valence electrons. The fourth-order valence-corrected chi connectivity index (χ4v) is 3.02. The highest BCUT2D eigenvalue weighted by Crippen LogP contribution is 2.36. The first kappa shape index (κ1) is 20.8. The molecule has 8 nitrogen and oxygen atoms in total. The number of hydrogen-bond acceptors (Lipinski definition) is 7. The van der Waals surface area contributed by atoms with Crippen molar-refractivity contribution in [1.82, 2.24) is 15.0 Å². The maximum atomic E-state index is 11.9. The lowest BCUT2D eigenvalue weighted by molar-refractivity contribution is -0.248. The van der Waals surface area contributed by atoms with Crippen LogP contribution in [0.3, 0.4) is 0 Å². The molecule has 2 aromatic carbocycles. The number of aromatic hydroxyl groups is 1. The standard InChI is InChI=1S/C21H25N3O5/c1-21(2,3)15-12-14(8-9-19(25)28-10-11-29-27)13-18(20(15)26)24-22-16-6-4-5-7-17(16)23-24/h4-7,12-13,26-27H,8-11H2,1-3H3. The van der Waals surface area contributed by atoms with Crippen molar-refractivity contribution in [1.29, 1.82) is 0 Å². The Bertz CT molecular complexity index is 974. The first-order valence-corrected chi connectivity index (χ1v) is 9.40. The van der Waals surface area contributed by atoms with Gasteiger partial charge >= 0.3 is 5.97 Å². The van der Waals surface area contributed by atoms with Crippen molar-refractivity contribution in [3.05, 3.63) is 47.5 Å². The molecular formula is C21H25N3O5. The largest absolute Gasteiger partial charge is 0.505 e. The van der Waals surface area contributed by atoms with E-state index in [4.69, 9.17) is 9.99 Å². The van der Waals surface area contributed by atoms with Gasteiger partial charge in [-0.1, -0.05) is 39.0 Å². The average Bonchev–Trinajstić information content (AvgIpc) is 3.10. The number of aromatic nitrogens is 3. The number of nitrogens with zero attached hydrogens (tertiary/aromatic N) is 3. The fourth-order valence-electron chi connectivity index (χ4n) is 3.02. The van der Waals surface area contributed by atoms with Crippen LogP contribution in [0.2, 0.25) is 0 Å². The van der Waals surface area contributed by atoms with E-state index in [2.05, 4.69) is 15.1 Å². The molecule has 0 fully saturated rings. The van der Waals surface area contributed by atoms with Crippen LogP contribution in [0.1, 0.15) is 38.3 Å². The number of esters is 1. The Labute approximate surface area is 168 Å². The normalized spacial score (nSPS) is 11.7. The molecule has 0 radical (unpaired) electrons. The van der Waals surface area contributed by atoms with Gasteiger partial charge in [-0.2, -0.15) is 0 Å². The first-order valence-electron chi connectivity index (χ1n) is 9.40. The molecule has 0 aliphatic heterocycles. The van der Waals surface area contributed by atoms with Crippen molar-refractivity contribution in [3.8, 4) is 11.4 Å². The second-order valence-electron chi connectivity index (χ2n) is 7.79. The molecule has 1 aromatic heterocycles. The molecule has 0 bridgehead atoms. The summed E-state index contributed by atoms with van der Waals surface area (Å²) >= 11 is 0. The van der Waals surface area contributed by atoms with Crippen LogP contribution in [0.15, 0.2) is 36.4 Å². The Balaban J connectivity index is 1.93. The summed E-state index contributed by atoms with van der Waals surface area (Å²) in [4.78, 5) is 17.2. The number of phenolic OH excluding ortho intramolecular Hbond substituents is 1. The zero-order chi connectivity index (χ0) is 21.0. The van der Waals surface area contributed by atoms with Crippen LogP contribution in [0.25, 0.3) is 16.7 Å². The lowest BCUT2D eigenvalue weighted by atomic mass is 9.84. The molecule has 29 heavy (non-hydrogen) atoms. The van der Waals surface area contributed by atoms with E-state index in [9.17, 15) is 9.90 Å². The van der Waals surface area contributed by atoms with E-state index in [-0.39, 0.29) is 30.8 Å². The van der Waals surface area contributed by atoms with Gasteiger partial charge in [-0.3, -0.25) is 10.1 Å². The molecule has 0 unspecified atom stereocenters. The summed E-state index contributed by atoms with van der Waals surface area (Å²) < 4.78 is 4.98. The minimum Gasteiger partial charge on any atom is -0.505 e. The molecule has 3 rings (SSSR count). The van der Waals surface area contributed by atoms with Gasteiger partial charge in [0.2, 0.25) is 0 Å². The monoisotopic (exact) mass is 399 g/mol. The number of benzene rings is 2. The van der Waals surface area contributed by atoms with Gasteiger partial charge < -0.3 is 9.84 Å². The number of ether oxygens (including phenoxy) is 1. The lowest BCUT2D eigenvalue weighted by Crippen LogP contribution is -2.15. The third-order valence-corrected chi connectivity index (χ3v) is 4.52. The molecular weight excluding hydrogens is 374 g/mol. The average molecular weight is 399 g/mol. The summed E-state index contributed by atoms with van der Waals surface area (Å²) in [6, 6.07) is 11.2. The second kappa shape index (κ2) is 8.59. The van der Waals surface area contributed by atoms with Gasteiger partial charge in [0.1, 0.15) is 35.7 Å². The van der Waals surface area contributed by atoms with E-state index in [0.29, 0.717) is 12.1 Å². The van der Waals surface area contributed by atoms with Gasteiger partial charge in [-0.05, 0) is 35.6 Å². The predicted molar refractivity (Wildman–Crippen MR) is 107 cm³/mol. The number of fused-ring (bicyclic) bond motifs is 1. The van der Waals surface area contributed by atoms with E-state index < -0.39 is 5.97 Å². The van der Waals surface area contributed by atoms with E-state index in [1.807, 2.05) is 51.1 Å². The molecule has 0 saturated carbocycles. The summed E-state index contributed by atoms with van der Waals surface area (Å²) in [5.74, 6) is -0.277.